The highest BCUT2D eigenvalue weighted by Gasteiger charge is 2.05. The second-order valence-corrected chi connectivity index (χ2v) is 5.36. The van der Waals surface area contributed by atoms with Crippen LogP contribution in [0.5, 0.6) is 17.2 Å². The Morgan fingerprint density at radius 2 is 1.54 bits per heavy atom. The molecule has 24 heavy (non-hydrogen) atoms. The van der Waals surface area contributed by atoms with Gasteiger partial charge in [-0.3, -0.25) is 9.59 Å². The van der Waals surface area contributed by atoms with Crippen LogP contribution in [-0.2, 0) is 9.59 Å². The van der Waals surface area contributed by atoms with E-state index in [1.165, 1.54) is 0 Å². The maximum atomic E-state index is 11.4. The number of nitrogens with one attached hydrogen (secondary N) is 1. The normalized spacial score (nSPS) is 10.1. The van der Waals surface area contributed by atoms with E-state index >= 15 is 0 Å². The van der Waals surface area contributed by atoms with E-state index in [-0.39, 0.29) is 6.61 Å². The molecule has 0 atom stereocenters. The van der Waals surface area contributed by atoms with E-state index in [4.69, 9.17) is 14.6 Å². The number of hydrogen-bond acceptors (Lipinski definition) is 4. The molecule has 2 aromatic rings. The maximum Gasteiger partial charge on any atom is 0.322 e. The summed E-state index contributed by atoms with van der Waals surface area (Å²) in [7, 11) is 0. The molecule has 0 aromatic heterocycles. The summed E-state index contributed by atoms with van der Waals surface area (Å²) in [6, 6.07) is 12.8. The van der Waals surface area contributed by atoms with Crippen molar-refractivity contribution >= 4 is 11.9 Å². The van der Waals surface area contributed by atoms with Crippen molar-refractivity contribution in [2.45, 2.75) is 13.8 Å². The molecule has 2 N–H and O–H groups in total. The fourth-order valence-electron chi connectivity index (χ4n) is 2.11. The molecule has 0 aliphatic heterocycles. The highest BCUT2D eigenvalue weighted by molar-refractivity contribution is 5.82. The minimum atomic E-state index is -1.10. The number of aryl methyl sites for hydroxylation is 2. The summed E-state index contributed by atoms with van der Waals surface area (Å²) in [6.45, 7) is 3.34. The number of carboxylic acids is 1. The SMILES string of the molecule is Cc1cc(C)cc(Oc2ccc(OCC(=O)NCC(=O)O)cc2)c1. The van der Waals surface area contributed by atoms with Crippen LogP contribution in [-0.4, -0.2) is 30.1 Å². The van der Waals surface area contributed by atoms with Crippen molar-refractivity contribution in [1.29, 1.82) is 0 Å². The lowest BCUT2D eigenvalue weighted by atomic mass is 10.1. The third kappa shape index (κ3) is 5.64. The van der Waals surface area contributed by atoms with Crippen LogP contribution in [0.3, 0.4) is 0 Å². The maximum absolute atomic E-state index is 11.4. The summed E-state index contributed by atoms with van der Waals surface area (Å²) in [5, 5.41) is 10.7. The van der Waals surface area contributed by atoms with Crippen LogP contribution >= 0.6 is 0 Å². The first-order valence-electron chi connectivity index (χ1n) is 7.40. The van der Waals surface area contributed by atoms with Crippen LogP contribution < -0.4 is 14.8 Å². The van der Waals surface area contributed by atoms with Crippen LogP contribution in [0.25, 0.3) is 0 Å². The van der Waals surface area contributed by atoms with Crippen molar-refractivity contribution in [3.8, 4) is 17.2 Å². The minimum Gasteiger partial charge on any atom is -0.484 e. The van der Waals surface area contributed by atoms with E-state index in [0.717, 1.165) is 16.9 Å². The van der Waals surface area contributed by atoms with Crippen molar-refractivity contribution in [1.82, 2.24) is 5.32 Å². The molecule has 1 amide bonds. The van der Waals surface area contributed by atoms with Crippen LogP contribution in [0.2, 0.25) is 0 Å². The molecule has 2 aromatic carbocycles. The zero-order valence-electron chi connectivity index (χ0n) is 13.5. The average Bonchev–Trinajstić information content (AvgIpc) is 2.51. The van der Waals surface area contributed by atoms with Crippen molar-refractivity contribution in [3.63, 3.8) is 0 Å². The Bertz CT molecular complexity index is 704. The second kappa shape index (κ2) is 8.01. The molecule has 0 heterocycles. The molecule has 0 radical (unpaired) electrons. The Morgan fingerprint density at radius 1 is 0.958 bits per heavy atom. The van der Waals surface area contributed by atoms with E-state index in [1.807, 2.05) is 26.0 Å². The number of ether oxygens (including phenoxy) is 2. The third-order valence-electron chi connectivity index (χ3n) is 3.06. The van der Waals surface area contributed by atoms with Gasteiger partial charge in [-0.2, -0.15) is 0 Å². The molecule has 0 spiro atoms. The smallest absolute Gasteiger partial charge is 0.322 e. The number of carbonyl (C=O) groups excluding carboxylic acids is 1. The summed E-state index contributed by atoms with van der Waals surface area (Å²) >= 11 is 0. The van der Waals surface area contributed by atoms with Gasteiger partial charge in [0.1, 0.15) is 23.8 Å². The van der Waals surface area contributed by atoms with Crippen molar-refractivity contribution in [2.75, 3.05) is 13.2 Å². The molecule has 2 rings (SSSR count). The number of benzene rings is 2. The van der Waals surface area contributed by atoms with Crippen LogP contribution in [0.1, 0.15) is 11.1 Å². The molecule has 0 saturated heterocycles. The van der Waals surface area contributed by atoms with E-state index in [2.05, 4.69) is 11.4 Å². The molecule has 6 heteroatoms. The third-order valence-corrected chi connectivity index (χ3v) is 3.06. The van der Waals surface area contributed by atoms with Gasteiger partial charge in [-0.25, -0.2) is 0 Å². The van der Waals surface area contributed by atoms with Crippen molar-refractivity contribution in [3.05, 3.63) is 53.6 Å². The number of hydrogen-bond donors (Lipinski definition) is 2. The molecule has 0 saturated carbocycles. The Hall–Kier alpha value is -3.02. The van der Waals surface area contributed by atoms with Gasteiger partial charge in [0.25, 0.3) is 5.91 Å². The minimum absolute atomic E-state index is 0.245. The number of aliphatic carboxylic acids is 1. The summed E-state index contributed by atoms with van der Waals surface area (Å²) in [5.41, 5.74) is 2.25. The molecule has 0 fully saturated rings. The van der Waals surface area contributed by atoms with E-state index in [0.29, 0.717) is 11.5 Å². The van der Waals surface area contributed by atoms with Gasteiger partial charge in [0.05, 0.1) is 0 Å². The number of rotatable bonds is 7. The lowest BCUT2D eigenvalue weighted by molar-refractivity contribution is -0.138. The van der Waals surface area contributed by atoms with Gasteiger partial charge < -0.3 is 19.9 Å². The fraction of sp³-hybridized carbons (Fsp3) is 0.222. The molecule has 0 aliphatic carbocycles. The van der Waals surface area contributed by atoms with Gasteiger partial charge in [0, 0.05) is 0 Å². The summed E-state index contributed by atoms with van der Waals surface area (Å²) in [4.78, 5) is 21.7. The predicted molar refractivity (Wildman–Crippen MR) is 88.6 cm³/mol. The molecule has 126 valence electrons. The average molecular weight is 329 g/mol. The van der Waals surface area contributed by atoms with Gasteiger partial charge in [-0.05, 0) is 61.4 Å². The molecular weight excluding hydrogens is 310 g/mol. The Kier molecular flexibility index (Phi) is 5.78. The quantitative estimate of drug-likeness (QED) is 0.816. The molecular formula is C18H19NO5. The standard InChI is InChI=1S/C18H19NO5/c1-12-7-13(2)9-16(8-12)24-15-5-3-14(4-6-15)23-11-17(20)19-10-18(21)22/h3-9H,10-11H2,1-2H3,(H,19,20)(H,21,22). The molecule has 0 bridgehead atoms. The fourth-order valence-corrected chi connectivity index (χ4v) is 2.11. The highest BCUT2D eigenvalue weighted by Crippen LogP contribution is 2.25. The van der Waals surface area contributed by atoms with E-state index in [9.17, 15) is 9.59 Å². The summed E-state index contributed by atoms with van der Waals surface area (Å²) in [5.74, 6) is 0.314. The number of carboxylic acid groups (broad SMARTS) is 1. The number of amides is 1. The largest absolute Gasteiger partial charge is 0.484 e. The Morgan fingerprint density at radius 3 is 2.12 bits per heavy atom. The molecule has 0 unspecified atom stereocenters. The summed E-state index contributed by atoms with van der Waals surface area (Å²) < 4.78 is 11.1. The van der Waals surface area contributed by atoms with Crippen LogP contribution in [0.4, 0.5) is 0 Å². The van der Waals surface area contributed by atoms with Crippen molar-refractivity contribution < 1.29 is 24.2 Å². The Labute approximate surface area is 140 Å². The van der Waals surface area contributed by atoms with Gasteiger partial charge in [-0.1, -0.05) is 6.07 Å². The Balaban J connectivity index is 1.88. The lowest BCUT2D eigenvalue weighted by Crippen LogP contribution is -2.33. The highest BCUT2D eigenvalue weighted by atomic mass is 16.5. The first kappa shape index (κ1) is 17.3. The van der Waals surface area contributed by atoms with Crippen molar-refractivity contribution in [2.24, 2.45) is 0 Å². The monoisotopic (exact) mass is 329 g/mol. The van der Waals surface area contributed by atoms with Crippen LogP contribution in [0, 0.1) is 13.8 Å². The van der Waals surface area contributed by atoms with Gasteiger partial charge in [0.15, 0.2) is 6.61 Å². The molecule has 0 aliphatic rings. The van der Waals surface area contributed by atoms with Crippen LogP contribution in [0.15, 0.2) is 42.5 Å². The second-order valence-electron chi connectivity index (χ2n) is 5.36. The zero-order valence-corrected chi connectivity index (χ0v) is 13.5. The van der Waals surface area contributed by atoms with Gasteiger partial charge >= 0.3 is 5.97 Å². The summed E-state index contributed by atoms with van der Waals surface area (Å²) in [6.07, 6.45) is 0. The first-order valence-corrected chi connectivity index (χ1v) is 7.40. The predicted octanol–water partition coefficient (Wildman–Crippen LogP) is 2.68. The molecule has 6 nitrogen and oxygen atoms in total. The topological polar surface area (TPSA) is 84.9 Å². The van der Waals surface area contributed by atoms with Gasteiger partial charge in [0.2, 0.25) is 0 Å². The zero-order chi connectivity index (χ0) is 17.5. The first-order chi connectivity index (χ1) is 11.4. The van der Waals surface area contributed by atoms with E-state index < -0.39 is 18.4 Å². The van der Waals surface area contributed by atoms with E-state index in [1.54, 1.807) is 24.3 Å². The lowest BCUT2D eigenvalue weighted by Gasteiger charge is -2.09. The van der Waals surface area contributed by atoms with Gasteiger partial charge in [-0.15, -0.1) is 0 Å². The number of carbonyl (C=O) groups is 2.